The molecule has 3 aromatic rings. The molecule has 0 bridgehead atoms. The molecule has 0 aliphatic carbocycles. The number of nitrogens with zero attached hydrogens (tertiary/aromatic N) is 3. The molecule has 8 nitrogen and oxygen atoms in total. The zero-order valence-electron chi connectivity index (χ0n) is 15.4. The summed E-state index contributed by atoms with van der Waals surface area (Å²) in [6, 6.07) is 17.2. The first-order valence-corrected chi connectivity index (χ1v) is 8.78. The highest BCUT2D eigenvalue weighted by molar-refractivity contribution is 6.32. The van der Waals surface area contributed by atoms with Crippen molar-refractivity contribution in [3.8, 4) is 11.6 Å². The van der Waals surface area contributed by atoms with Crippen molar-refractivity contribution in [3.05, 3.63) is 92.6 Å². The quantitative estimate of drug-likeness (QED) is 0.670. The second kappa shape index (κ2) is 7.08. The van der Waals surface area contributed by atoms with Crippen LogP contribution in [0.15, 0.2) is 80.9 Å². The maximum Gasteiger partial charge on any atom is 0.335 e. The number of aromatic hydroxyl groups is 1. The number of hydrazone groups is 1. The highest BCUT2D eigenvalue weighted by atomic mass is 16.3. The van der Waals surface area contributed by atoms with Crippen molar-refractivity contribution >= 4 is 23.4 Å². The van der Waals surface area contributed by atoms with Crippen LogP contribution in [-0.2, 0) is 4.79 Å². The van der Waals surface area contributed by atoms with E-state index in [1.54, 1.807) is 61.5 Å². The highest BCUT2D eigenvalue weighted by Crippen LogP contribution is 2.26. The van der Waals surface area contributed by atoms with Crippen molar-refractivity contribution in [1.82, 2.24) is 9.55 Å². The van der Waals surface area contributed by atoms with Crippen molar-refractivity contribution in [1.29, 1.82) is 0 Å². The van der Waals surface area contributed by atoms with Gasteiger partial charge in [0, 0.05) is 0 Å². The molecule has 0 unspecified atom stereocenters. The summed E-state index contributed by atoms with van der Waals surface area (Å²) in [6.07, 6.45) is 1.25. The van der Waals surface area contributed by atoms with E-state index in [0.29, 0.717) is 17.1 Å². The minimum atomic E-state index is -0.800. The molecule has 1 aliphatic rings. The zero-order chi connectivity index (χ0) is 20.5. The number of H-pyrrole nitrogens is 1. The van der Waals surface area contributed by atoms with Gasteiger partial charge in [-0.05, 0) is 37.3 Å². The summed E-state index contributed by atoms with van der Waals surface area (Å²) in [5.41, 5.74) is -0.308. The standard InChI is InChI=1S/C21H16N4O4/c1-13-16(20(28)25(23-13)15-10-6-3-7-11-15)12-17-18(26)22-21(29)24(19(17)27)14-8-4-2-5-9-14/h2-12,27H,1H3,(H,22,26,29)/b16-12-. The number of hydrogen-bond donors (Lipinski definition) is 2. The zero-order valence-corrected chi connectivity index (χ0v) is 15.4. The molecule has 1 amide bonds. The van der Waals surface area contributed by atoms with Crippen LogP contribution in [0.5, 0.6) is 5.88 Å². The monoisotopic (exact) mass is 388 g/mol. The first-order valence-electron chi connectivity index (χ1n) is 8.78. The number of para-hydroxylation sites is 2. The molecule has 4 rings (SSSR count). The Morgan fingerprint density at radius 1 is 0.931 bits per heavy atom. The molecule has 0 atom stereocenters. The van der Waals surface area contributed by atoms with Crippen molar-refractivity contribution < 1.29 is 9.90 Å². The predicted molar refractivity (Wildman–Crippen MR) is 109 cm³/mol. The molecule has 29 heavy (non-hydrogen) atoms. The molecular formula is C21H16N4O4. The number of rotatable bonds is 3. The Balaban J connectivity index is 1.84. The summed E-state index contributed by atoms with van der Waals surface area (Å²) in [5.74, 6) is -0.999. The van der Waals surface area contributed by atoms with E-state index in [1.165, 1.54) is 11.1 Å². The van der Waals surface area contributed by atoms with Gasteiger partial charge in [-0.25, -0.2) is 9.36 Å². The maximum absolute atomic E-state index is 12.8. The molecule has 0 saturated heterocycles. The average molecular weight is 388 g/mol. The van der Waals surface area contributed by atoms with E-state index in [0.717, 1.165) is 4.57 Å². The third kappa shape index (κ3) is 3.16. The average Bonchev–Trinajstić information content (AvgIpc) is 3.00. The van der Waals surface area contributed by atoms with Gasteiger partial charge in [0.25, 0.3) is 11.5 Å². The molecule has 1 aliphatic heterocycles. The lowest BCUT2D eigenvalue weighted by molar-refractivity contribution is -0.114. The van der Waals surface area contributed by atoms with Crippen molar-refractivity contribution in [2.45, 2.75) is 6.92 Å². The lowest BCUT2D eigenvalue weighted by atomic mass is 10.1. The second-order valence-electron chi connectivity index (χ2n) is 6.36. The fraction of sp³-hybridized carbons (Fsp3) is 0.0476. The number of carbonyl (C=O) groups is 1. The van der Waals surface area contributed by atoms with E-state index >= 15 is 0 Å². The van der Waals surface area contributed by atoms with E-state index in [2.05, 4.69) is 10.1 Å². The predicted octanol–water partition coefficient (Wildman–Crippen LogP) is 2.04. The second-order valence-corrected chi connectivity index (χ2v) is 6.36. The Kier molecular flexibility index (Phi) is 4.44. The van der Waals surface area contributed by atoms with E-state index in [9.17, 15) is 19.5 Å². The van der Waals surface area contributed by atoms with Crippen LogP contribution in [-0.4, -0.2) is 26.3 Å². The SMILES string of the molecule is CC1=NN(c2ccccc2)C(=O)/C1=C\c1c(O)n(-c2ccccc2)c(=O)[nH]c1=O. The fourth-order valence-electron chi connectivity index (χ4n) is 3.06. The van der Waals surface area contributed by atoms with Gasteiger partial charge in [0.05, 0.1) is 22.7 Å². The van der Waals surface area contributed by atoms with E-state index in [1.807, 2.05) is 6.07 Å². The third-order valence-corrected chi connectivity index (χ3v) is 4.49. The number of anilines is 1. The number of carbonyl (C=O) groups excluding carboxylic acids is 1. The van der Waals surface area contributed by atoms with Crippen LogP contribution in [0.25, 0.3) is 11.8 Å². The summed E-state index contributed by atoms with van der Waals surface area (Å²) >= 11 is 0. The first kappa shape index (κ1) is 18.2. The van der Waals surface area contributed by atoms with Gasteiger partial charge in [-0.1, -0.05) is 36.4 Å². The number of aromatic amines is 1. The number of amides is 1. The van der Waals surface area contributed by atoms with Crippen LogP contribution < -0.4 is 16.3 Å². The first-order chi connectivity index (χ1) is 14.0. The molecule has 0 spiro atoms. The largest absolute Gasteiger partial charge is 0.494 e. The molecule has 0 fully saturated rings. The Bertz CT molecular complexity index is 1270. The fourth-order valence-corrected chi connectivity index (χ4v) is 3.06. The summed E-state index contributed by atoms with van der Waals surface area (Å²) in [4.78, 5) is 39.6. The van der Waals surface area contributed by atoms with Gasteiger partial charge in [0.15, 0.2) is 0 Å². The van der Waals surface area contributed by atoms with Crippen LogP contribution in [0.2, 0.25) is 0 Å². The van der Waals surface area contributed by atoms with Gasteiger partial charge >= 0.3 is 5.69 Å². The van der Waals surface area contributed by atoms with Gasteiger partial charge in [-0.15, -0.1) is 0 Å². The molecule has 2 N–H and O–H groups in total. The summed E-state index contributed by atoms with van der Waals surface area (Å²) < 4.78 is 0.967. The van der Waals surface area contributed by atoms with Crippen molar-refractivity contribution in [3.63, 3.8) is 0 Å². The number of aromatic nitrogens is 2. The lowest BCUT2D eigenvalue weighted by Crippen LogP contribution is -2.30. The van der Waals surface area contributed by atoms with E-state index < -0.39 is 23.0 Å². The van der Waals surface area contributed by atoms with Crippen LogP contribution in [0.1, 0.15) is 12.5 Å². The molecular weight excluding hydrogens is 372 g/mol. The van der Waals surface area contributed by atoms with Gasteiger partial charge in [-0.3, -0.25) is 14.6 Å². The summed E-state index contributed by atoms with van der Waals surface area (Å²) in [5, 5.41) is 16.1. The normalized spacial score (nSPS) is 15.1. The molecule has 8 heteroatoms. The molecule has 2 heterocycles. The van der Waals surface area contributed by atoms with Crippen molar-refractivity contribution in [2.24, 2.45) is 5.10 Å². The van der Waals surface area contributed by atoms with Crippen LogP contribution >= 0.6 is 0 Å². The molecule has 0 saturated carbocycles. The highest BCUT2D eigenvalue weighted by Gasteiger charge is 2.29. The Hall–Kier alpha value is -4.20. The maximum atomic E-state index is 12.8. The molecule has 1 aromatic heterocycles. The Morgan fingerprint density at radius 2 is 1.52 bits per heavy atom. The molecule has 144 valence electrons. The van der Waals surface area contributed by atoms with Crippen LogP contribution in [0, 0.1) is 0 Å². The van der Waals surface area contributed by atoms with Crippen molar-refractivity contribution in [2.75, 3.05) is 5.01 Å². The molecule has 2 aromatic carbocycles. The van der Waals surface area contributed by atoms with E-state index in [4.69, 9.17) is 0 Å². The third-order valence-electron chi connectivity index (χ3n) is 4.49. The summed E-state index contributed by atoms with van der Waals surface area (Å²) in [6.45, 7) is 1.63. The molecule has 0 radical (unpaired) electrons. The minimum absolute atomic E-state index is 0.146. The number of nitrogens with one attached hydrogen (secondary N) is 1. The topological polar surface area (TPSA) is 108 Å². The minimum Gasteiger partial charge on any atom is -0.494 e. The van der Waals surface area contributed by atoms with Gasteiger partial charge in [-0.2, -0.15) is 10.1 Å². The Labute approximate surface area is 164 Å². The number of hydrogen-bond acceptors (Lipinski definition) is 5. The van der Waals surface area contributed by atoms with Gasteiger partial charge < -0.3 is 5.11 Å². The Morgan fingerprint density at radius 3 is 2.14 bits per heavy atom. The van der Waals surface area contributed by atoms with Gasteiger partial charge in [0.2, 0.25) is 5.88 Å². The van der Waals surface area contributed by atoms with Gasteiger partial charge in [0.1, 0.15) is 5.56 Å². The number of benzene rings is 2. The summed E-state index contributed by atoms with van der Waals surface area (Å²) in [7, 11) is 0. The van der Waals surface area contributed by atoms with Crippen LogP contribution in [0.3, 0.4) is 0 Å². The van der Waals surface area contributed by atoms with E-state index in [-0.39, 0.29) is 11.1 Å². The lowest BCUT2D eigenvalue weighted by Gasteiger charge is -2.11. The van der Waals surface area contributed by atoms with Crippen LogP contribution in [0.4, 0.5) is 5.69 Å². The smallest absolute Gasteiger partial charge is 0.335 e.